The van der Waals surface area contributed by atoms with Crippen molar-refractivity contribution < 1.29 is 14.3 Å². The molecule has 1 saturated carbocycles. The second kappa shape index (κ2) is 8.75. The summed E-state index contributed by atoms with van der Waals surface area (Å²) in [5, 5.41) is 5.15. The maximum absolute atomic E-state index is 13.1. The van der Waals surface area contributed by atoms with Gasteiger partial charge < -0.3 is 14.8 Å². The molecule has 1 atom stereocenters. The predicted octanol–water partition coefficient (Wildman–Crippen LogP) is 5.55. The van der Waals surface area contributed by atoms with Crippen molar-refractivity contribution in [3.8, 4) is 5.75 Å². The van der Waals surface area contributed by atoms with Crippen LogP contribution in [0.4, 0.5) is 5.69 Å². The van der Waals surface area contributed by atoms with Crippen LogP contribution in [-0.4, -0.2) is 24.7 Å². The molecule has 4 nitrogen and oxygen atoms in total. The second-order valence-electron chi connectivity index (χ2n) is 7.54. The Morgan fingerprint density at radius 2 is 1.81 bits per heavy atom. The number of carbonyl (C=O) groups is 1. The molecule has 1 N–H and O–H groups in total. The molecule has 146 valence electrons. The highest BCUT2D eigenvalue weighted by molar-refractivity contribution is 6.06. The largest absolute Gasteiger partial charge is 0.493 e. The van der Waals surface area contributed by atoms with Gasteiger partial charge in [-0.2, -0.15) is 0 Å². The average Bonchev–Trinajstić information content (AvgIpc) is 3.53. The van der Waals surface area contributed by atoms with Crippen LogP contribution in [0.5, 0.6) is 5.75 Å². The standard InChI is InChI=1S/C23H31NO3/c1-4-6-16-26-21-14-13-20(18-9-7-8-10-19(18)21)24-22(25)23(3,17-11-12-17)27-15-5-2/h7-10,13-14,17H,4-6,11-12,15-16H2,1-3H3,(H,24,25)/t23-/m0/s1. The van der Waals surface area contributed by atoms with Crippen molar-refractivity contribution in [1.82, 2.24) is 0 Å². The molecule has 1 aliphatic rings. The van der Waals surface area contributed by atoms with Crippen molar-refractivity contribution >= 4 is 22.4 Å². The van der Waals surface area contributed by atoms with E-state index in [2.05, 4.69) is 19.2 Å². The van der Waals surface area contributed by atoms with E-state index in [1.54, 1.807) is 0 Å². The quantitative estimate of drug-likeness (QED) is 0.558. The van der Waals surface area contributed by atoms with Gasteiger partial charge in [0.2, 0.25) is 0 Å². The molecule has 4 heteroatoms. The van der Waals surface area contributed by atoms with E-state index in [-0.39, 0.29) is 5.91 Å². The fraction of sp³-hybridized carbons (Fsp3) is 0.522. The van der Waals surface area contributed by atoms with E-state index >= 15 is 0 Å². The molecule has 1 amide bonds. The molecule has 2 aromatic rings. The number of hydrogen-bond acceptors (Lipinski definition) is 3. The van der Waals surface area contributed by atoms with Gasteiger partial charge in [0.15, 0.2) is 0 Å². The third-order valence-electron chi connectivity index (χ3n) is 5.30. The van der Waals surface area contributed by atoms with E-state index in [0.717, 1.165) is 54.3 Å². The van der Waals surface area contributed by atoms with E-state index in [4.69, 9.17) is 9.47 Å². The topological polar surface area (TPSA) is 47.6 Å². The van der Waals surface area contributed by atoms with Crippen LogP contribution < -0.4 is 10.1 Å². The first-order chi connectivity index (χ1) is 13.1. The first kappa shape index (κ1) is 19.7. The lowest BCUT2D eigenvalue weighted by molar-refractivity contribution is -0.142. The molecular formula is C23H31NO3. The van der Waals surface area contributed by atoms with Crippen LogP contribution in [0, 0.1) is 5.92 Å². The average molecular weight is 370 g/mol. The zero-order valence-electron chi connectivity index (χ0n) is 16.7. The molecule has 0 spiro atoms. The second-order valence-corrected chi connectivity index (χ2v) is 7.54. The number of benzene rings is 2. The van der Waals surface area contributed by atoms with Crippen LogP contribution in [0.15, 0.2) is 36.4 Å². The van der Waals surface area contributed by atoms with Gasteiger partial charge in [-0.1, -0.05) is 44.5 Å². The molecule has 0 heterocycles. The molecule has 0 aromatic heterocycles. The number of anilines is 1. The summed E-state index contributed by atoms with van der Waals surface area (Å²) in [4.78, 5) is 13.1. The van der Waals surface area contributed by atoms with E-state index < -0.39 is 5.60 Å². The zero-order valence-corrected chi connectivity index (χ0v) is 16.7. The number of ether oxygens (including phenoxy) is 2. The van der Waals surface area contributed by atoms with Crippen LogP contribution >= 0.6 is 0 Å². The van der Waals surface area contributed by atoms with Crippen molar-refractivity contribution in [1.29, 1.82) is 0 Å². The number of amides is 1. The van der Waals surface area contributed by atoms with Crippen LogP contribution in [0.25, 0.3) is 10.8 Å². The van der Waals surface area contributed by atoms with E-state index in [0.29, 0.717) is 19.1 Å². The van der Waals surface area contributed by atoms with Gasteiger partial charge in [0.25, 0.3) is 5.91 Å². The molecule has 0 radical (unpaired) electrons. The first-order valence-electron chi connectivity index (χ1n) is 10.2. The normalized spacial score (nSPS) is 16.1. The summed E-state index contributed by atoms with van der Waals surface area (Å²) in [6, 6.07) is 11.9. The highest BCUT2D eigenvalue weighted by atomic mass is 16.5. The molecule has 0 saturated heterocycles. The molecule has 27 heavy (non-hydrogen) atoms. The van der Waals surface area contributed by atoms with Crippen LogP contribution in [0.2, 0.25) is 0 Å². The number of carbonyl (C=O) groups excluding carboxylic acids is 1. The lowest BCUT2D eigenvalue weighted by atomic mass is 9.98. The highest BCUT2D eigenvalue weighted by Gasteiger charge is 2.48. The lowest BCUT2D eigenvalue weighted by Crippen LogP contribution is -2.45. The highest BCUT2D eigenvalue weighted by Crippen LogP contribution is 2.43. The molecular weight excluding hydrogens is 338 g/mol. The number of unbranched alkanes of at least 4 members (excludes halogenated alkanes) is 1. The summed E-state index contributed by atoms with van der Waals surface area (Å²) in [6.07, 6.45) is 5.14. The van der Waals surface area contributed by atoms with Gasteiger partial charge in [-0.25, -0.2) is 0 Å². The van der Waals surface area contributed by atoms with Gasteiger partial charge in [0.1, 0.15) is 11.4 Å². The molecule has 0 aliphatic heterocycles. The van der Waals surface area contributed by atoms with E-state index in [1.165, 1.54) is 0 Å². The number of hydrogen-bond donors (Lipinski definition) is 1. The van der Waals surface area contributed by atoms with Crippen molar-refractivity contribution in [2.24, 2.45) is 5.92 Å². The van der Waals surface area contributed by atoms with Crippen molar-refractivity contribution in [3.63, 3.8) is 0 Å². The summed E-state index contributed by atoms with van der Waals surface area (Å²) in [5.41, 5.74) is 0.0540. The summed E-state index contributed by atoms with van der Waals surface area (Å²) >= 11 is 0. The minimum Gasteiger partial charge on any atom is -0.493 e. The third kappa shape index (κ3) is 4.44. The lowest BCUT2D eigenvalue weighted by Gasteiger charge is -2.29. The Hall–Kier alpha value is -2.07. The number of rotatable bonds is 10. The van der Waals surface area contributed by atoms with Crippen LogP contribution in [0.3, 0.4) is 0 Å². The van der Waals surface area contributed by atoms with Crippen LogP contribution in [-0.2, 0) is 9.53 Å². The van der Waals surface area contributed by atoms with Crippen molar-refractivity contribution in [2.75, 3.05) is 18.5 Å². The fourth-order valence-electron chi connectivity index (χ4n) is 3.40. The monoisotopic (exact) mass is 369 g/mol. The Kier molecular flexibility index (Phi) is 6.38. The molecule has 0 unspecified atom stereocenters. The van der Waals surface area contributed by atoms with Crippen molar-refractivity contribution in [2.45, 2.75) is 58.5 Å². The Balaban J connectivity index is 1.84. The fourth-order valence-corrected chi connectivity index (χ4v) is 3.40. The summed E-state index contributed by atoms with van der Waals surface area (Å²) < 4.78 is 12.0. The molecule has 2 aromatic carbocycles. The Labute approximate surface area is 162 Å². The molecule has 1 fully saturated rings. The summed E-state index contributed by atoms with van der Waals surface area (Å²) in [7, 11) is 0. The third-order valence-corrected chi connectivity index (χ3v) is 5.30. The maximum Gasteiger partial charge on any atom is 0.256 e. The van der Waals surface area contributed by atoms with Gasteiger partial charge in [-0.15, -0.1) is 0 Å². The van der Waals surface area contributed by atoms with Gasteiger partial charge in [-0.05, 0) is 50.7 Å². The van der Waals surface area contributed by atoms with Gasteiger partial charge in [-0.3, -0.25) is 4.79 Å². The predicted molar refractivity (Wildman–Crippen MR) is 110 cm³/mol. The Bertz CT molecular complexity index is 784. The molecule has 1 aliphatic carbocycles. The van der Waals surface area contributed by atoms with E-state index in [1.807, 2.05) is 43.3 Å². The minimum absolute atomic E-state index is 0.0525. The first-order valence-corrected chi connectivity index (χ1v) is 10.2. The van der Waals surface area contributed by atoms with Gasteiger partial charge >= 0.3 is 0 Å². The number of nitrogens with one attached hydrogen (secondary N) is 1. The Morgan fingerprint density at radius 3 is 2.48 bits per heavy atom. The van der Waals surface area contributed by atoms with Crippen molar-refractivity contribution in [3.05, 3.63) is 36.4 Å². The number of fused-ring (bicyclic) bond motifs is 1. The molecule has 0 bridgehead atoms. The zero-order chi connectivity index (χ0) is 19.3. The smallest absolute Gasteiger partial charge is 0.256 e. The van der Waals surface area contributed by atoms with Gasteiger partial charge in [0.05, 0.1) is 6.61 Å². The molecule has 3 rings (SSSR count). The minimum atomic E-state index is -0.757. The van der Waals surface area contributed by atoms with Crippen LogP contribution in [0.1, 0.15) is 52.9 Å². The maximum atomic E-state index is 13.1. The summed E-state index contributed by atoms with van der Waals surface area (Å²) in [6.45, 7) is 7.45. The van der Waals surface area contributed by atoms with E-state index in [9.17, 15) is 4.79 Å². The van der Waals surface area contributed by atoms with Gasteiger partial charge in [0, 0.05) is 23.1 Å². The summed E-state index contributed by atoms with van der Waals surface area (Å²) in [5.74, 6) is 1.12. The Morgan fingerprint density at radius 1 is 1.07 bits per heavy atom. The SMILES string of the molecule is CCCCOc1ccc(NC(=O)[C@@](C)(OCCC)C2CC2)c2ccccc12.